The van der Waals surface area contributed by atoms with Crippen molar-refractivity contribution in [2.75, 3.05) is 19.6 Å². The average Bonchev–Trinajstić information content (AvgIpc) is 1.37. The number of pyridine rings is 1. The van der Waals surface area contributed by atoms with Gasteiger partial charge in [0.15, 0.2) is 0 Å². The molecule has 0 saturated heterocycles. The lowest BCUT2D eigenvalue weighted by Gasteiger charge is -2.26. The number of benzene rings is 17. The van der Waals surface area contributed by atoms with Gasteiger partial charge in [0, 0.05) is 141 Å². The third kappa shape index (κ3) is 12.7. The van der Waals surface area contributed by atoms with E-state index in [1.54, 1.807) is 0 Å². The monoisotopic (exact) mass is 1570 g/mol. The number of fused-ring (bicyclic) bond motifs is 15. The van der Waals surface area contributed by atoms with E-state index in [0.717, 1.165) is 89.9 Å². The molecule has 0 fully saturated rings. The molecule has 0 aliphatic rings. The van der Waals surface area contributed by atoms with Crippen molar-refractivity contribution >= 4 is 216 Å². The van der Waals surface area contributed by atoms with Crippen LogP contribution in [0.25, 0.3) is 136 Å². The molecule has 552 valence electrons. The van der Waals surface area contributed by atoms with Gasteiger partial charge in [-0.3, -0.25) is 4.98 Å². The van der Waals surface area contributed by atoms with Gasteiger partial charge < -0.3 is 24.0 Å². The zero-order chi connectivity index (χ0) is 77.3. The number of hydrogen-bond donors (Lipinski definition) is 0. The van der Waals surface area contributed by atoms with Gasteiger partial charge in [0.05, 0.1) is 31.2 Å². The molecule has 0 aliphatic carbocycles. The van der Waals surface area contributed by atoms with E-state index in [4.69, 9.17) is 4.42 Å². The molecule has 0 aliphatic heterocycles. The summed E-state index contributed by atoms with van der Waals surface area (Å²) in [7, 11) is 0. The Morgan fingerprint density at radius 1 is 0.188 bits per heavy atom. The molecule has 0 N–H and O–H groups in total. The van der Waals surface area contributed by atoms with Gasteiger partial charge in [0.1, 0.15) is 11.2 Å². The average molecular weight is 1570 g/mol. The van der Waals surface area contributed by atoms with Crippen molar-refractivity contribution in [1.29, 1.82) is 0 Å². The molecule has 0 radical (unpaired) electrons. The first kappa shape index (κ1) is 69.5. The van der Waals surface area contributed by atoms with E-state index >= 15 is 0 Å². The van der Waals surface area contributed by atoms with Crippen LogP contribution in [0.15, 0.2) is 423 Å². The van der Waals surface area contributed by atoms with E-state index in [1.165, 1.54) is 114 Å². The number of aromatic nitrogens is 1. The molecule has 23 rings (SSSR count). The number of furan rings is 1. The maximum absolute atomic E-state index is 6.29. The topological polar surface area (TPSA) is 39.0 Å². The minimum atomic E-state index is 0.874. The lowest BCUT2D eigenvalue weighted by Crippen LogP contribution is -2.10. The molecule has 17 aromatic carbocycles. The van der Waals surface area contributed by atoms with Crippen molar-refractivity contribution in [2.45, 2.75) is 0 Å². The molecule has 117 heavy (non-hydrogen) atoms. The third-order valence-electron chi connectivity index (χ3n) is 22.4. The predicted octanol–water partition coefficient (Wildman–Crippen LogP) is 33.0. The van der Waals surface area contributed by atoms with E-state index in [0.29, 0.717) is 0 Å². The third-order valence-corrected chi connectivity index (χ3v) is 27.2. The molecular formula is C107H69N5OS4. The molecule has 6 nitrogen and oxygen atoms in total. The zero-order valence-electron chi connectivity index (χ0n) is 63.1. The van der Waals surface area contributed by atoms with Gasteiger partial charge in [0.2, 0.25) is 0 Å². The van der Waals surface area contributed by atoms with E-state index in [-0.39, 0.29) is 0 Å². The van der Waals surface area contributed by atoms with Gasteiger partial charge in [-0.1, -0.05) is 237 Å². The van der Waals surface area contributed by atoms with E-state index < -0.39 is 0 Å². The summed E-state index contributed by atoms with van der Waals surface area (Å²) >= 11 is 7.44. The summed E-state index contributed by atoms with van der Waals surface area (Å²) in [6, 6.07) is 147. The first-order chi connectivity index (χ1) is 58.0. The fraction of sp³-hybridized carbons (Fsp3) is 0. The summed E-state index contributed by atoms with van der Waals surface area (Å²) in [5.41, 5.74) is 22.3. The Bertz CT molecular complexity index is 7590. The Labute approximate surface area is 692 Å². The van der Waals surface area contributed by atoms with E-state index in [1.807, 2.05) is 75.9 Å². The smallest absolute Gasteiger partial charge is 0.135 e. The van der Waals surface area contributed by atoms with E-state index in [9.17, 15) is 0 Å². The molecule has 0 spiro atoms. The first-order valence-electron chi connectivity index (χ1n) is 39.3. The van der Waals surface area contributed by atoms with Gasteiger partial charge in [0.25, 0.3) is 0 Å². The van der Waals surface area contributed by atoms with Crippen LogP contribution >= 0.6 is 45.3 Å². The van der Waals surface area contributed by atoms with Crippen molar-refractivity contribution in [1.82, 2.24) is 4.98 Å². The molecule has 0 atom stereocenters. The number of nitrogens with zero attached hydrogens (tertiary/aromatic N) is 5. The van der Waals surface area contributed by atoms with E-state index in [2.05, 4.69) is 413 Å². The maximum Gasteiger partial charge on any atom is 0.135 e. The number of rotatable bonds is 15. The van der Waals surface area contributed by atoms with Gasteiger partial charge in [-0.05, 0) is 203 Å². The van der Waals surface area contributed by atoms with Crippen molar-refractivity contribution in [3.05, 3.63) is 419 Å². The second-order valence-electron chi connectivity index (χ2n) is 29.3. The van der Waals surface area contributed by atoms with Crippen LogP contribution in [0.5, 0.6) is 0 Å². The molecule has 0 bridgehead atoms. The molecular weight excluding hydrogens is 1500 g/mol. The van der Waals surface area contributed by atoms with Crippen LogP contribution in [0.1, 0.15) is 0 Å². The Kier molecular flexibility index (Phi) is 17.6. The minimum absolute atomic E-state index is 0.874. The highest BCUT2D eigenvalue weighted by Gasteiger charge is 2.26. The second kappa shape index (κ2) is 29.6. The lowest BCUT2D eigenvalue weighted by atomic mass is 10.0. The second-order valence-corrected chi connectivity index (χ2v) is 33.5. The van der Waals surface area contributed by atoms with Gasteiger partial charge in [-0.15, -0.1) is 45.3 Å². The van der Waals surface area contributed by atoms with Gasteiger partial charge >= 0.3 is 0 Å². The summed E-state index contributed by atoms with van der Waals surface area (Å²) in [5, 5.41) is 12.3. The van der Waals surface area contributed by atoms with Crippen molar-refractivity contribution in [3.8, 4) is 33.4 Å². The molecule has 6 heterocycles. The number of anilines is 12. The highest BCUT2D eigenvalue weighted by molar-refractivity contribution is 7.27. The summed E-state index contributed by atoms with van der Waals surface area (Å²) < 4.78 is 16.5. The summed E-state index contributed by atoms with van der Waals surface area (Å²) in [4.78, 5) is 14.0. The van der Waals surface area contributed by atoms with Crippen molar-refractivity contribution in [2.24, 2.45) is 0 Å². The van der Waals surface area contributed by atoms with Crippen molar-refractivity contribution < 1.29 is 4.42 Å². The Hall–Kier alpha value is -14.2. The highest BCUT2D eigenvalue weighted by Crippen LogP contribution is 2.52. The number of thiophene rings is 4. The normalized spacial score (nSPS) is 11.6. The maximum atomic E-state index is 6.29. The summed E-state index contributed by atoms with van der Waals surface area (Å²) in [6.45, 7) is 0. The van der Waals surface area contributed by atoms with Gasteiger partial charge in [-0.2, -0.15) is 0 Å². The SMILES string of the molecule is c1ccc(-c2ccc(N(c3ccc4c(c3)sc3ccccc34)c3cccc4c3sc3ccc(N(c5ccc(-c6cccnc6)cc5)c5ccc6oc7ccccc7c6c5)cc34)cc2)cc1.c1ccc(-c2ccc(N(c3ccc4sc5c(N(c6ccccc6)c6ccccc6)cccc5c4c3)c3cccc4c3sc3ccccc34)cc2)cc1. The first-order valence-corrected chi connectivity index (χ1v) is 42.5. The Balaban J connectivity index is 0.000000145. The molecule has 10 heteroatoms. The zero-order valence-corrected chi connectivity index (χ0v) is 66.4. The fourth-order valence-corrected chi connectivity index (χ4v) is 21.6. The van der Waals surface area contributed by atoms with Crippen molar-refractivity contribution in [3.63, 3.8) is 0 Å². The van der Waals surface area contributed by atoms with Crippen LogP contribution < -0.4 is 19.6 Å². The standard InChI is InChI=1S/C59H37N3OS2.C48H32N2S2/c1-2-10-38(11-3-1)39-19-25-43(26-20-39)62(46-27-30-49-48-14-5-7-18-56(48)64-58(49)36-46)53-16-8-15-50-52-35-45(29-32-57(52)65-59(50)53)61(42-23-21-40(22-24-42)41-12-9-33-60-37-41)44-28-31-55-51(34-44)47-13-4-6-17-54(47)63-55;1-4-14-33(15-5-1)34-26-28-37(29-27-34)50(44-24-12-21-40-39-20-10-11-25-45(39)51-47(40)44)38-30-31-46-42(32-38)41-22-13-23-43(48(41)52-46)49(35-16-6-2-7-17-35)36-18-8-3-9-19-36/h1-37H;1-32H. The molecule has 23 aromatic rings. The van der Waals surface area contributed by atoms with Gasteiger partial charge in [-0.25, -0.2) is 0 Å². The molecule has 0 unspecified atom stereocenters. The number of hydrogen-bond acceptors (Lipinski definition) is 10. The minimum Gasteiger partial charge on any atom is -0.456 e. The van der Waals surface area contributed by atoms with Crippen LogP contribution in [0, 0.1) is 0 Å². The van der Waals surface area contributed by atoms with Crippen LogP contribution in [0.2, 0.25) is 0 Å². The summed E-state index contributed by atoms with van der Waals surface area (Å²) in [5.74, 6) is 0. The summed E-state index contributed by atoms with van der Waals surface area (Å²) in [6.07, 6.45) is 3.73. The molecule has 6 aromatic heterocycles. The quantitative estimate of drug-likeness (QED) is 0.102. The lowest BCUT2D eigenvalue weighted by molar-refractivity contribution is 0.669. The van der Waals surface area contributed by atoms with Crippen LogP contribution in [0.4, 0.5) is 68.2 Å². The van der Waals surface area contributed by atoms with Crippen LogP contribution in [0.3, 0.4) is 0 Å². The number of para-hydroxylation sites is 3. The Morgan fingerprint density at radius 3 is 1.04 bits per heavy atom. The molecule has 0 saturated carbocycles. The largest absolute Gasteiger partial charge is 0.456 e. The Morgan fingerprint density at radius 2 is 0.521 bits per heavy atom. The fourth-order valence-electron chi connectivity index (χ4n) is 16.9. The highest BCUT2D eigenvalue weighted by atomic mass is 32.1. The molecule has 0 amide bonds. The van der Waals surface area contributed by atoms with Crippen LogP contribution in [-0.4, -0.2) is 4.98 Å². The van der Waals surface area contributed by atoms with Crippen LogP contribution in [-0.2, 0) is 0 Å². The predicted molar refractivity (Wildman–Crippen MR) is 505 cm³/mol.